The minimum absolute atomic E-state index is 0.168. The molecule has 1 atom stereocenters. The third-order valence-corrected chi connectivity index (χ3v) is 3.18. The van der Waals surface area contributed by atoms with E-state index in [1.54, 1.807) is 0 Å². The van der Waals surface area contributed by atoms with Gasteiger partial charge in [0, 0.05) is 25.2 Å². The molecule has 78 valence electrons. The maximum atomic E-state index is 12.1. The van der Waals surface area contributed by atoms with Crippen molar-refractivity contribution in [1.29, 1.82) is 0 Å². The molecular weight excluding hydrogens is 188 g/mol. The van der Waals surface area contributed by atoms with Crippen molar-refractivity contribution < 1.29 is 4.79 Å². The van der Waals surface area contributed by atoms with Crippen LogP contribution in [0, 0.1) is 5.92 Å². The van der Waals surface area contributed by atoms with Gasteiger partial charge in [0.15, 0.2) is 0 Å². The normalized spacial score (nSPS) is 25.3. The van der Waals surface area contributed by atoms with Crippen LogP contribution in [0.15, 0.2) is 24.3 Å². The summed E-state index contributed by atoms with van der Waals surface area (Å²) in [5.74, 6) is 0.754. The van der Waals surface area contributed by atoms with Crippen molar-refractivity contribution >= 4 is 5.91 Å². The van der Waals surface area contributed by atoms with Crippen LogP contribution in [0.1, 0.15) is 22.8 Å². The average molecular weight is 202 g/mol. The molecule has 0 spiro atoms. The molecule has 0 aromatic heterocycles. The zero-order chi connectivity index (χ0) is 10.4. The second-order valence-corrected chi connectivity index (χ2v) is 4.50. The van der Waals surface area contributed by atoms with Crippen LogP contribution < -0.4 is 0 Å². The molecule has 0 N–H and O–H groups in total. The molecule has 1 unspecified atom stereocenters. The highest BCUT2D eigenvalue weighted by Gasteiger charge is 2.36. The number of carbonyl (C=O) groups is 1. The summed E-state index contributed by atoms with van der Waals surface area (Å²) in [4.78, 5) is 12.1. The fourth-order valence-corrected chi connectivity index (χ4v) is 2.49. The van der Waals surface area contributed by atoms with Crippen molar-refractivity contribution in [2.75, 3.05) is 13.1 Å². The van der Waals surface area contributed by atoms with E-state index in [-0.39, 0.29) is 5.91 Å². The van der Waals surface area contributed by atoms with Crippen molar-refractivity contribution in [3.63, 3.8) is 0 Å². The zero-order valence-electron chi connectivity index (χ0n) is 8.81. The van der Waals surface area contributed by atoms with Crippen molar-refractivity contribution in [2.45, 2.75) is 13.5 Å². The minimum Gasteiger partial charge on any atom is -0.271 e. The predicted octanol–water partition coefficient (Wildman–Crippen LogP) is 1.51. The van der Waals surface area contributed by atoms with Gasteiger partial charge in [0.2, 0.25) is 0 Å². The van der Waals surface area contributed by atoms with Crippen LogP contribution in [0.2, 0.25) is 0 Å². The number of benzene rings is 1. The lowest BCUT2D eigenvalue weighted by Crippen LogP contribution is -2.44. The van der Waals surface area contributed by atoms with Gasteiger partial charge in [0.05, 0.1) is 0 Å². The Morgan fingerprint density at radius 2 is 2.07 bits per heavy atom. The molecule has 1 saturated heterocycles. The Labute approximate surface area is 89.3 Å². The molecule has 0 radical (unpaired) electrons. The van der Waals surface area contributed by atoms with Crippen molar-refractivity contribution in [1.82, 2.24) is 10.0 Å². The number of amides is 1. The summed E-state index contributed by atoms with van der Waals surface area (Å²) in [5, 5.41) is 4.06. The highest BCUT2D eigenvalue weighted by atomic mass is 16.2. The Hall–Kier alpha value is -1.35. The first-order valence-electron chi connectivity index (χ1n) is 5.40. The first-order valence-corrected chi connectivity index (χ1v) is 5.40. The summed E-state index contributed by atoms with van der Waals surface area (Å²) in [6.45, 7) is 4.94. The highest BCUT2D eigenvalue weighted by Crippen LogP contribution is 2.27. The molecule has 2 aliphatic heterocycles. The molecule has 15 heavy (non-hydrogen) atoms. The minimum atomic E-state index is 0.168. The second-order valence-electron chi connectivity index (χ2n) is 4.50. The Balaban J connectivity index is 2.03. The van der Waals surface area contributed by atoms with E-state index < -0.39 is 0 Å². The van der Waals surface area contributed by atoms with Crippen molar-refractivity contribution in [2.24, 2.45) is 5.92 Å². The lowest BCUT2D eigenvalue weighted by atomic mass is 10.1. The van der Waals surface area contributed by atoms with E-state index in [4.69, 9.17) is 0 Å². The van der Waals surface area contributed by atoms with Gasteiger partial charge in [-0.3, -0.25) is 9.80 Å². The van der Waals surface area contributed by atoms with Crippen LogP contribution in [-0.2, 0) is 6.54 Å². The molecule has 3 rings (SSSR count). The highest BCUT2D eigenvalue weighted by molar-refractivity contribution is 5.96. The molecule has 0 saturated carbocycles. The predicted molar refractivity (Wildman–Crippen MR) is 57.1 cm³/mol. The van der Waals surface area contributed by atoms with Gasteiger partial charge in [-0.1, -0.05) is 25.1 Å². The Bertz CT molecular complexity index is 416. The fourth-order valence-electron chi connectivity index (χ4n) is 2.49. The summed E-state index contributed by atoms with van der Waals surface area (Å²) in [7, 11) is 0. The SMILES string of the molecule is CC1CN2Cc3ccccc3C(=O)N2C1. The third kappa shape index (κ3) is 1.27. The summed E-state index contributed by atoms with van der Waals surface area (Å²) in [5.41, 5.74) is 2.04. The summed E-state index contributed by atoms with van der Waals surface area (Å²) < 4.78 is 0. The Morgan fingerprint density at radius 3 is 2.93 bits per heavy atom. The average Bonchev–Trinajstić information content (AvgIpc) is 2.59. The number of fused-ring (bicyclic) bond motifs is 2. The van der Waals surface area contributed by atoms with Crippen molar-refractivity contribution in [3.05, 3.63) is 35.4 Å². The number of hydrazine groups is 1. The van der Waals surface area contributed by atoms with Crippen LogP contribution >= 0.6 is 0 Å². The van der Waals surface area contributed by atoms with Crippen LogP contribution in [-0.4, -0.2) is 29.0 Å². The summed E-state index contributed by atoms with van der Waals surface area (Å²) in [6.07, 6.45) is 0. The van der Waals surface area contributed by atoms with Gasteiger partial charge in [-0.25, -0.2) is 5.01 Å². The van der Waals surface area contributed by atoms with E-state index in [9.17, 15) is 4.79 Å². The quantitative estimate of drug-likeness (QED) is 0.636. The van der Waals surface area contributed by atoms with Gasteiger partial charge in [0.1, 0.15) is 0 Å². The molecule has 0 bridgehead atoms. The van der Waals surface area contributed by atoms with Crippen LogP contribution in [0.4, 0.5) is 0 Å². The van der Waals surface area contributed by atoms with E-state index in [1.807, 2.05) is 29.3 Å². The molecule has 0 aliphatic carbocycles. The van der Waals surface area contributed by atoms with Gasteiger partial charge in [0.25, 0.3) is 5.91 Å². The molecule has 1 aromatic carbocycles. The smallest absolute Gasteiger partial charge is 0.268 e. The Kier molecular flexibility index (Phi) is 1.83. The monoisotopic (exact) mass is 202 g/mol. The van der Waals surface area contributed by atoms with Crippen LogP contribution in [0.3, 0.4) is 0 Å². The topological polar surface area (TPSA) is 23.6 Å². The Morgan fingerprint density at radius 1 is 1.27 bits per heavy atom. The van der Waals surface area contributed by atoms with Gasteiger partial charge in [-0.15, -0.1) is 0 Å². The maximum Gasteiger partial charge on any atom is 0.268 e. The van der Waals surface area contributed by atoms with E-state index in [0.29, 0.717) is 5.92 Å². The number of carbonyl (C=O) groups excluding carboxylic acids is 1. The van der Waals surface area contributed by atoms with E-state index >= 15 is 0 Å². The maximum absolute atomic E-state index is 12.1. The number of hydrogen-bond acceptors (Lipinski definition) is 2. The molecule has 2 heterocycles. The molecule has 1 fully saturated rings. The number of nitrogens with zero attached hydrogens (tertiary/aromatic N) is 2. The van der Waals surface area contributed by atoms with Gasteiger partial charge in [-0.05, 0) is 17.5 Å². The zero-order valence-corrected chi connectivity index (χ0v) is 8.81. The molecule has 1 aromatic rings. The van der Waals surface area contributed by atoms with Gasteiger partial charge >= 0.3 is 0 Å². The van der Waals surface area contributed by atoms with E-state index in [2.05, 4.69) is 11.9 Å². The van der Waals surface area contributed by atoms with Gasteiger partial charge in [-0.2, -0.15) is 0 Å². The first-order chi connectivity index (χ1) is 7.25. The number of rotatable bonds is 0. The largest absolute Gasteiger partial charge is 0.271 e. The lowest BCUT2D eigenvalue weighted by molar-refractivity contribution is 0.0103. The first kappa shape index (κ1) is 8.92. The standard InChI is InChI=1S/C12H14N2O/c1-9-6-13-8-10-4-2-3-5-11(10)12(15)14(13)7-9/h2-5,9H,6-8H2,1H3. The second kappa shape index (κ2) is 3.07. The molecule has 3 nitrogen and oxygen atoms in total. The molecule has 2 aliphatic rings. The molecular formula is C12H14N2O. The fraction of sp³-hybridized carbons (Fsp3) is 0.417. The van der Waals surface area contributed by atoms with Crippen LogP contribution in [0.25, 0.3) is 0 Å². The molecule has 3 heteroatoms. The molecule has 1 amide bonds. The van der Waals surface area contributed by atoms with Crippen LogP contribution in [0.5, 0.6) is 0 Å². The van der Waals surface area contributed by atoms with E-state index in [0.717, 1.165) is 30.8 Å². The third-order valence-electron chi connectivity index (χ3n) is 3.18. The number of hydrogen-bond donors (Lipinski definition) is 0. The summed E-state index contributed by atoms with van der Waals surface area (Å²) >= 11 is 0. The van der Waals surface area contributed by atoms with E-state index in [1.165, 1.54) is 0 Å². The lowest BCUT2D eigenvalue weighted by Gasteiger charge is -2.33. The van der Waals surface area contributed by atoms with Crippen molar-refractivity contribution in [3.8, 4) is 0 Å². The summed E-state index contributed by atoms with van der Waals surface area (Å²) in [6, 6.07) is 7.92. The van der Waals surface area contributed by atoms with Gasteiger partial charge < -0.3 is 0 Å².